The van der Waals surface area contributed by atoms with Gasteiger partial charge in [-0.05, 0) is 34.0 Å². The van der Waals surface area contributed by atoms with Crippen molar-refractivity contribution in [1.82, 2.24) is 4.98 Å². The number of para-hydroxylation sites is 1. The van der Waals surface area contributed by atoms with E-state index in [4.69, 9.17) is 4.74 Å². The third-order valence-electron chi connectivity index (χ3n) is 2.96. The first kappa shape index (κ1) is 12.6. The van der Waals surface area contributed by atoms with Crippen LogP contribution in [0.15, 0.2) is 34.2 Å². The number of nitrogens with zero attached hydrogens (tertiary/aromatic N) is 1. The lowest BCUT2D eigenvalue weighted by atomic mass is 9.96. The van der Waals surface area contributed by atoms with Crippen LogP contribution in [0.4, 0.5) is 5.13 Å². The monoisotopic (exact) mass is 338 g/mol. The van der Waals surface area contributed by atoms with Gasteiger partial charge in [0.15, 0.2) is 5.13 Å². The highest BCUT2D eigenvalue weighted by atomic mass is 79.9. The van der Waals surface area contributed by atoms with E-state index in [0.717, 1.165) is 15.1 Å². The molecule has 2 aromatic rings. The number of ether oxygens (including phenoxy) is 1. The summed E-state index contributed by atoms with van der Waals surface area (Å²) in [5.74, 6) is 0.664. The maximum Gasteiger partial charge on any atom is 0.233 e. The summed E-state index contributed by atoms with van der Waals surface area (Å²) in [6, 6.07) is 7.82. The lowest BCUT2D eigenvalue weighted by Crippen LogP contribution is -2.32. The van der Waals surface area contributed by atoms with Crippen LogP contribution in [0, 0.1) is 5.92 Å². The number of anilines is 1. The molecule has 0 aliphatic carbocycles. The van der Waals surface area contributed by atoms with E-state index in [9.17, 15) is 4.79 Å². The predicted molar refractivity (Wildman–Crippen MR) is 77.6 cm³/mol. The van der Waals surface area contributed by atoms with Gasteiger partial charge in [0.2, 0.25) is 5.91 Å². The number of hydrogen-bond acceptors (Lipinski definition) is 4. The smallest absolute Gasteiger partial charge is 0.233 e. The van der Waals surface area contributed by atoms with Crippen LogP contribution in [0.1, 0.15) is 5.56 Å². The number of nitrogens with one attached hydrogen (secondary N) is 1. The van der Waals surface area contributed by atoms with Crippen LogP contribution in [0.25, 0.3) is 0 Å². The van der Waals surface area contributed by atoms with Crippen LogP contribution < -0.4 is 10.1 Å². The van der Waals surface area contributed by atoms with Crippen molar-refractivity contribution in [2.45, 2.75) is 6.42 Å². The van der Waals surface area contributed by atoms with Gasteiger partial charge in [-0.15, -0.1) is 0 Å². The number of rotatable bonds is 2. The summed E-state index contributed by atoms with van der Waals surface area (Å²) in [6.45, 7) is 0.412. The van der Waals surface area contributed by atoms with E-state index in [1.807, 2.05) is 24.3 Å². The molecule has 2 heterocycles. The number of amides is 1. The summed E-state index contributed by atoms with van der Waals surface area (Å²) in [5, 5.41) is 3.43. The van der Waals surface area contributed by atoms with Crippen molar-refractivity contribution in [2.75, 3.05) is 11.9 Å². The van der Waals surface area contributed by atoms with Crippen molar-refractivity contribution in [3.8, 4) is 5.75 Å². The Kier molecular flexibility index (Phi) is 3.52. The van der Waals surface area contributed by atoms with E-state index in [1.54, 1.807) is 6.20 Å². The Morgan fingerprint density at radius 1 is 1.47 bits per heavy atom. The number of fused-ring (bicyclic) bond motifs is 1. The molecule has 1 atom stereocenters. The molecule has 1 aliphatic heterocycles. The molecule has 0 radical (unpaired) electrons. The molecule has 1 aromatic carbocycles. The van der Waals surface area contributed by atoms with E-state index in [2.05, 4.69) is 26.2 Å². The maximum atomic E-state index is 12.1. The van der Waals surface area contributed by atoms with E-state index in [1.165, 1.54) is 11.3 Å². The molecule has 19 heavy (non-hydrogen) atoms. The van der Waals surface area contributed by atoms with Gasteiger partial charge in [-0.2, -0.15) is 0 Å². The zero-order chi connectivity index (χ0) is 13.2. The number of carbonyl (C=O) groups excluding carboxylic acids is 1. The molecule has 3 rings (SSSR count). The molecule has 0 spiro atoms. The van der Waals surface area contributed by atoms with Gasteiger partial charge in [-0.1, -0.05) is 29.5 Å². The minimum absolute atomic E-state index is 0.0450. The normalized spacial score (nSPS) is 17.4. The quantitative estimate of drug-likeness (QED) is 0.915. The average molecular weight is 339 g/mol. The topological polar surface area (TPSA) is 51.2 Å². The van der Waals surface area contributed by atoms with Crippen LogP contribution in [0.3, 0.4) is 0 Å². The van der Waals surface area contributed by atoms with E-state index in [0.29, 0.717) is 18.2 Å². The second-order valence-corrected chi connectivity index (χ2v) is 6.69. The Morgan fingerprint density at radius 2 is 2.32 bits per heavy atom. The van der Waals surface area contributed by atoms with Crippen molar-refractivity contribution in [1.29, 1.82) is 0 Å². The highest BCUT2D eigenvalue weighted by Gasteiger charge is 2.26. The van der Waals surface area contributed by atoms with Crippen molar-refractivity contribution in [3.05, 3.63) is 39.8 Å². The molecular formula is C13H11BrN2O2S. The van der Waals surface area contributed by atoms with Crippen molar-refractivity contribution >= 4 is 38.3 Å². The molecule has 1 aliphatic rings. The largest absolute Gasteiger partial charge is 0.492 e. The molecule has 1 aromatic heterocycles. The summed E-state index contributed by atoms with van der Waals surface area (Å²) in [7, 11) is 0. The fraction of sp³-hybridized carbons (Fsp3) is 0.231. The fourth-order valence-electron chi connectivity index (χ4n) is 2.02. The van der Waals surface area contributed by atoms with Gasteiger partial charge in [-0.3, -0.25) is 4.79 Å². The molecule has 1 amide bonds. The first-order valence-corrected chi connectivity index (χ1v) is 7.46. The Balaban J connectivity index is 1.69. The van der Waals surface area contributed by atoms with Gasteiger partial charge in [0.1, 0.15) is 12.4 Å². The number of benzene rings is 1. The maximum absolute atomic E-state index is 12.1. The second-order valence-electron chi connectivity index (χ2n) is 4.28. The lowest BCUT2D eigenvalue weighted by molar-refractivity contribution is -0.121. The molecule has 98 valence electrons. The van der Waals surface area contributed by atoms with Crippen LogP contribution >= 0.6 is 27.3 Å². The Morgan fingerprint density at radius 3 is 3.11 bits per heavy atom. The zero-order valence-corrected chi connectivity index (χ0v) is 12.3. The Bertz CT molecular complexity index is 614. The molecular weight excluding hydrogens is 328 g/mol. The highest BCUT2D eigenvalue weighted by molar-refractivity contribution is 9.11. The molecule has 0 fully saturated rings. The van der Waals surface area contributed by atoms with Gasteiger partial charge >= 0.3 is 0 Å². The molecule has 1 unspecified atom stereocenters. The molecule has 4 nitrogen and oxygen atoms in total. The SMILES string of the molecule is O=C(Nc1ncc(Br)s1)C1COc2ccccc2C1. The van der Waals surface area contributed by atoms with Crippen molar-refractivity contribution < 1.29 is 9.53 Å². The summed E-state index contributed by atoms with van der Waals surface area (Å²) < 4.78 is 6.51. The average Bonchev–Trinajstić information content (AvgIpc) is 2.83. The molecule has 0 bridgehead atoms. The van der Waals surface area contributed by atoms with E-state index >= 15 is 0 Å². The van der Waals surface area contributed by atoms with Gasteiger partial charge in [-0.25, -0.2) is 4.98 Å². The first-order chi connectivity index (χ1) is 9.22. The Hall–Kier alpha value is -1.40. The number of halogens is 1. The summed E-state index contributed by atoms with van der Waals surface area (Å²) in [5.41, 5.74) is 1.08. The highest BCUT2D eigenvalue weighted by Crippen LogP contribution is 2.28. The van der Waals surface area contributed by atoms with Crippen molar-refractivity contribution in [2.24, 2.45) is 5.92 Å². The summed E-state index contributed by atoms with van der Waals surface area (Å²) >= 11 is 4.72. The summed E-state index contributed by atoms with van der Waals surface area (Å²) in [6.07, 6.45) is 2.38. The van der Waals surface area contributed by atoms with Gasteiger partial charge < -0.3 is 10.1 Å². The fourth-order valence-corrected chi connectivity index (χ4v) is 3.13. The standard InChI is InChI=1S/C13H11BrN2O2S/c14-11-6-15-13(19-11)16-12(17)9-5-8-3-1-2-4-10(8)18-7-9/h1-4,6,9H,5,7H2,(H,15,16,17). The zero-order valence-electron chi connectivity index (χ0n) is 9.93. The first-order valence-electron chi connectivity index (χ1n) is 5.85. The third kappa shape index (κ3) is 2.79. The number of carbonyl (C=O) groups is 1. The minimum atomic E-state index is -0.169. The summed E-state index contributed by atoms with van der Waals surface area (Å²) in [4.78, 5) is 16.2. The molecule has 0 saturated carbocycles. The lowest BCUT2D eigenvalue weighted by Gasteiger charge is -2.24. The van der Waals surface area contributed by atoms with E-state index < -0.39 is 0 Å². The molecule has 1 N–H and O–H groups in total. The van der Waals surface area contributed by atoms with Crippen LogP contribution in [0.2, 0.25) is 0 Å². The number of thiazole rings is 1. The van der Waals surface area contributed by atoms with Gasteiger partial charge in [0.25, 0.3) is 0 Å². The predicted octanol–water partition coefficient (Wildman–Crippen LogP) is 3.10. The van der Waals surface area contributed by atoms with Crippen LogP contribution in [0.5, 0.6) is 5.75 Å². The van der Waals surface area contributed by atoms with E-state index in [-0.39, 0.29) is 11.8 Å². The van der Waals surface area contributed by atoms with Crippen LogP contribution in [-0.2, 0) is 11.2 Å². The second kappa shape index (κ2) is 5.30. The van der Waals surface area contributed by atoms with Gasteiger partial charge in [0, 0.05) is 0 Å². The minimum Gasteiger partial charge on any atom is -0.492 e. The Labute approximate surface area is 122 Å². The van der Waals surface area contributed by atoms with Crippen molar-refractivity contribution in [3.63, 3.8) is 0 Å². The van der Waals surface area contributed by atoms with Crippen LogP contribution in [-0.4, -0.2) is 17.5 Å². The molecule has 6 heteroatoms. The van der Waals surface area contributed by atoms with Gasteiger partial charge in [0.05, 0.1) is 15.9 Å². The number of hydrogen-bond donors (Lipinski definition) is 1. The number of aromatic nitrogens is 1. The third-order valence-corrected chi connectivity index (χ3v) is 4.35. The molecule has 0 saturated heterocycles.